The Morgan fingerprint density at radius 1 is 0.194 bits per heavy atom. The molecule has 1 N–H and O–H groups in total. The van der Waals surface area contributed by atoms with Gasteiger partial charge < -0.3 is 28.2 Å². The van der Waals surface area contributed by atoms with Crippen LogP contribution in [0.3, 0.4) is 0 Å². The van der Waals surface area contributed by atoms with Crippen LogP contribution in [0, 0.1) is 0 Å². The van der Waals surface area contributed by atoms with E-state index in [1.54, 1.807) is 0 Å². The summed E-state index contributed by atoms with van der Waals surface area (Å²) in [6, 6.07) is 167. The van der Waals surface area contributed by atoms with Crippen molar-refractivity contribution in [2.75, 3.05) is 0 Å². The number of nitrogens with one attached hydrogen (secondary N) is 1. The number of aromatic nitrogens is 5. The SMILES string of the molecule is CC1(C)c2ccccc2-c2ccc(-n3c4ccccc4c4cc(-c5ccc6c(c5)c5ccccc5n6-c5ccc(-c6ccc7c8c(cccc68)C6=C7C(c7ccccc7)NC(c7cccc(-n8c9ccc(-c%10ccc%11c(c%10)c%10ccccc%10n%11-c%10ccc%11c(c%10)C(C)(C)c%10ccccc%10-%11)cc9c9cc(-c%10ccc%11c(c%10)c%10ccccc%10n%11-c%10ccc%11c(c%10)C(C)(C)c%10ccccc%10-%11)ccc98)c7)=N6)cc5)ccc43)cc21. The smallest absolute Gasteiger partial charge is 0.134 e. The van der Waals surface area contributed by atoms with Crippen LogP contribution in [0.25, 0.3) is 237 Å². The van der Waals surface area contributed by atoms with E-state index in [9.17, 15) is 0 Å². The van der Waals surface area contributed by atoms with E-state index in [1.165, 1.54) is 226 Å². The average Bonchev–Trinajstić information content (AvgIpc) is 1.54. The molecular formula is C137H93N7. The molecule has 26 aromatic rings. The fourth-order valence-electron chi connectivity index (χ4n) is 26.6. The van der Waals surface area contributed by atoms with Crippen molar-refractivity contribution in [2.24, 2.45) is 4.99 Å². The standard InChI is InChI=1S/C137H93N7/c1-135(2)114-39-17-10-30-95(114)98-59-56-91(77-117(98)135)142-121-43-21-14-34-102(121)109-72-83(49-65-125(109)142)82-48-64-124-108(71-82)101-33-13-20-42-120(101)140(124)89-54-46-80(47-55-89)94-62-63-106-130-105(94)37-25-38-107(130)133-131(106)132(81-26-8-7-9-27-81)138-134(139-133)88-28-24-29-90(70-88)141-128-68-52-86(84-50-66-126-110(73-84)103-35-15-22-44-122(103)143(126)92-57-60-99-96-31-11-18-40-115(96)136(3,4)118(99)78-92)75-112(128)113-76-87(53-69-129(113)141)85-51-67-127-111(74-85)104-36-16-23-45-123(104)144(127)93-58-61-100-97-32-12-19-41-116(97)137(5,6)119(100)79-93/h7-79,132H,1-6H3,(H,138,139). The lowest BCUT2D eigenvalue weighted by Crippen LogP contribution is -2.33. The summed E-state index contributed by atoms with van der Waals surface area (Å²) in [6.45, 7) is 14.2. The Labute approximate surface area is 832 Å². The molecule has 7 heteroatoms. The van der Waals surface area contributed by atoms with Crippen molar-refractivity contribution in [1.29, 1.82) is 0 Å². The Morgan fingerprint density at radius 3 is 0.889 bits per heavy atom. The molecule has 6 heterocycles. The van der Waals surface area contributed by atoms with Gasteiger partial charge in [0, 0.05) is 115 Å². The first-order valence-corrected chi connectivity index (χ1v) is 50.6. The monoisotopic (exact) mass is 1840 g/mol. The van der Waals surface area contributed by atoms with Gasteiger partial charge in [0.2, 0.25) is 0 Å². The predicted octanol–water partition coefficient (Wildman–Crippen LogP) is 34.9. The molecule has 5 aliphatic rings. The molecule has 0 saturated heterocycles. The molecule has 1 atom stereocenters. The van der Waals surface area contributed by atoms with E-state index in [0.29, 0.717) is 0 Å². The molecule has 0 spiro atoms. The second kappa shape index (κ2) is 29.6. The summed E-state index contributed by atoms with van der Waals surface area (Å²) in [5.41, 5.74) is 49.3. The predicted molar refractivity (Wildman–Crippen MR) is 602 cm³/mol. The third-order valence-electron chi connectivity index (χ3n) is 33.5. The Hall–Kier alpha value is -17.9. The first-order chi connectivity index (χ1) is 70.7. The summed E-state index contributed by atoms with van der Waals surface area (Å²) in [6.07, 6.45) is 0. The van der Waals surface area contributed by atoms with Crippen LogP contribution in [0.4, 0.5) is 0 Å². The van der Waals surface area contributed by atoms with Gasteiger partial charge in [-0.15, -0.1) is 0 Å². The van der Waals surface area contributed by atoms with Crippen LogP contribution in [-0.2, 0) is 16.2 Å². The van der Waals surface area contributed by atoms with Crippen LogP contribution in [0.5, 0.6) is 0 Å². The number of nitrogens with zero attached hydrogens (tertiary/aromatic N) is 6. The second-order valence-electron chi connectivity index (χ2n) is 42.0. The number of rotatable bonds is 11. The van der Waals surface area contributed by atoms with Crippen molar-refractivity contribution in [2.45, 2.75) is 63.8 Å². The summed E-state index contributed by atoms with van der Waals surface area (Å²) in [7, 11) is 0. The first kappa shape index (κ1) is 81.0. The highest BCUT2D eigenvalue weighted by Gasteiger charge is 2.41. The molecule has 0 radical (unpaired) electrons. The zero-order valence-corrected chi connectivity index (χ0v) is 80.4. The van der Waals surface area contributed by atoms with Gasteiger partial charge in [0.25, 0.3) is 0 Å². The molecule has 1 unspecified atom stereocenters. The van der Waals surface area contributed by atoms with E-state index in [4.69, 9.17) is 4.99 Å². The maximum atomic E-state index is 5.88. The van der Waals surface area contributed by atoms with Gasteiger partial charge in [0.1, 0.15) is 5.84 Å². The first-order valence-electron chi connectivity index (χ1n) is 50.6. The Kier molecular flexibility index (Phi) is 16.6. The maximum Gasteiger partial charge on any atom is 0.134 e. The third kappa shape index (κ3) is 11.3. The van der Waals surface area contributed by atoms with Crippen molar-refractivity contribution >= 4 is 137 Å². The van der Waals surface area contributed by atoms with Crippen LogP contribution in [0.15, 0.2) is 448 Å². The topological polar surface area (TPSA) is 49.0 Å². The van der Waals surface area contributed by atoms with Crippen LogP contribution in [-0.4, -0.2) is 28.7 Å². The molecule has 0 fully saturated rings. The van der Waals surface area contributed by atoms with E-state index in [2.05, 4.69) is 513 Å². The molecule has 31 rings (SSSR count). The van der Waals surface area contributed by atoms with Gasteiger partial charge in [-0.2, -0.15) is 0 Å². The Bertz CT molecular complexity index is 10000. The number of fused-ring (bicyclic) bond motifs is 26. The van der Waals surface area contributed by atoms with Gasteiger partial charge in [0.15, 0.2) is 0 Å². The van der Waals surface area contributed by atoms with Gasteiger partial charge in [-0.3, -0.25) is 0 Å². The van der Waals surface area contributed by atoms with Crippen LogP contribution >= 0.6 is 0 Å². The number of hydrogen-bond donors (Lipinski definition) is 1. The highest BCUT2D eigenvalue weighted by molar-refractivity contribution is 6.23. The zero-order valence-electron chi connectivity index (χ0n) is 80.4. The molecule has 144 heavy (non-hydrogen) atoms. The molecule has 1 aliphatic heterocycles. The lowest BCUT2D eigenvalue weighted by atomic mass is 9.82. The molecule has 0 amide bonds. The molecule has 5 aromatic heterocycles. The van der Waals surface area contributed by atoms with Crippen molar-refractivity contribution in [3.63, 3.8) is 0 Å². The summed E-state index contributed by atoms with van der Waals surface area (Å²) in [5, 5.41) is 18.7. The highest BCUT2D eigenvalue weighted by atomic mass is 15.1. The van der Waals surface area contributed by atoms with Gasteiger partial charge in [-0.25, -0.2) is 4.99 Å². The third-order valence-corrected chi connectivity index (χ3v) is 33.5. The fourth-order valence-corrected chi connectivity index (χ4v) is 26.6. The van der Waals surface area contributed by atoms with Crippen molar-refractivity contribution in [3.8, 4) is 106 Å². The minimum Gasteiger partial charge on any atom is -0.359 e. The largest absolute Gasteiger partial charge is 0.359 e. The Morgan fingerprint density at radius 2 is 0.486 bits per heavy atom. The van der Waals surface area contributed by atoms with Gasteiger partial charge in [-0.1, -0.05) is 327 Å². The molecule has 0 bridgehead atoms. The normalized spacial score (nSPS) is 14.9. The van der Waals surface area contributed by atoms with Crippen LogP contribution in [0.2, 0.25) is 0 Å². The molecular weight excluding hydrogens is 1740 g/mol. The highest BCUT2D eigenvalue weighted by Crippen LogP contribution is 2.57. The summed E-state index contributed by atoms with van der Waals surface area (Å²) in [4.78, 5) is 5.88. The number of para-hydroxylation sites is 4. The minimum atomic E-state index is -0.211. The molecule has 21 aromatic carbocycles. The van der Waals surface area contributed by atoms with E-state index in [0.717, 1.165) is 72.9 Å². The second-order valence-corrected chi connectivity index (χ2v) is 42.0. The van der Waals surface area contributed by atoms with Gasteiger partial charge in [-0.05, 0) is 291 Å². The summed E-state index contributed by atoms with van der Waals surface area (Å²) < 4.78 is 12.4. The van der Waals surface area contributed by atoms with Crippen LogP contribution in [0.1, 0.15) is 103 Å². The number of amidine groups is 1. The molecule has 676 valence electrons. The van der Waals surface area contributed by atoms with E-state index < -0.39 is 0 Å². The molecule has 0 saturated carbocycles. The maximum absolute atomic E-state index is 5.88. The number of hydrogen-bond acceptors (Lipinski definition) is 2. The molecule has 7 nitrogen and oxygen atoms in total. The quantitative estimate of drug-likeness (QED) is 0.138. The lowest BCUT2D eigenvalue weighted by molar-refractivity contribution is 0.660. The average molecular weight is 1840 g/mol. The van der Waals surface area contributed by atoms with E-state index >= 15 is 0 Å². The summed E-state index contributed by atoms with van der Waals surface area (Å²) >= 11 is 0. The Balaban J connectivity index is 0.501. The fraction of sp³-hybridized carbons (Fsp3) is 0.0730. The zero-order chi connectivity index (χ0) is 95.2. The van der Waals surface area contributed by atoms with Crippen molar-refractivity contribution in [1.82, 2.24) is 28.2 Å². The number of benzene rings is 21. The van der Waals surface area contributed by atoms with Gasteiger partial charge >= 0.3 is 0 Å². The minimum absolute atomic E-state index is 0.105. The van der Waals surface area contributed by atoms with Gasteiger partial charge in [0.05, 0.1) is 66.9 Å². The van der Waals surface area contributed by atoms with Crippen molar-refractivity contribution < 1.29 is 0 Å². The summed E-state index contributed by atoms with van der Waals surface area (Å²) in [5.74, 6) is 0.824. The van der Waals surface area contributed by atoms with Crippen molar-refractivity contribution in [3.05, 3.63) is 498 Å². The lowest BCUT2D eigenvalue weighted by Gasteiger charge is -2.28. The molecule has 4 aliphatic carbocycles. The van der Waals surface area contributed by atoms with Crippen LogP contribution < -0.4 is 5.32 Å². The van der Waals surface area contributed by atoms with E-state index in [-0.39, 0.29) is 22.3 Å². The number of aliphatic imine (C=N–C) groups is 1. The van der Waals surface area contributed by atoms with E-state index in [1.807, 2.05) is 0 Å².